The Morgan fingerprint density at radius 1 is 1.16 bits per heavy atom. The van der Waals surface area contributed by atoms with Gasteiger partial charge >= 0.3 is 0 Å². The maximum Gasteiger partial charge on any atom is 0.251 e. The normalized spacial score (nSPS) is 11.8. The van der Waals surface area contributed by atoms with Crippen LogP contribution in [0.1, 0.15) is 41.0 Å². The molecule has 0 aliphatic rings. The minimum absolute atomic E-state index is 0.0644. The number of likely N-dealkylation sites (N-methyl/N-ethyl adjacent to an activating group) is 1. The molecular weight excluding hydrogens is 622 g/mol. The lowest BCUT2D eigenvalue weighted by Crippen LogP contribution is -3.06. The third-order valence-electron chi connectivity index (χ3n) is 7.64. The van der Waals surface area contributed by atoms with Gasteiger partial charge in [0, 0.05) is 33.4 Å². The molecule has 236 valence electrons. The Morgan fingerprint density at radius 2 is 1.93 bits per heavy atom. The zero-order chi connectivity index (χ0) is 32.5. The molecule has 3 aromatic carbocycles. The summed E-state index contributed by atoms with van der Waals surface area (Å²) in [7, 11) is 5.35. The number of hydrogen-bond donors (Lipinski definition) is 3. The Labute approximate surface area is 268 Å². The van der Waals surface area contributed by atoms with Gasteiger partial charge in [-0.15, -0.1) is 0 Å². The third kappa shape index (κ3) is 6.63. The number of aromatic nitrogens is 3. The Bertz CT molecular complexity index is 1850. The van der Waals surface area contributed by atoms with E-state index < -0.39 is 23.0 Å². The summed E-state index contributed by atoms with van der Waals surface area (Å²) in [5.41, 5.74) is 8.62. The van der Waals surface area contributed by atoms with Crippen LogP contribution in [0.5, 0.6) is 5.75 Å². The fourth-order valence-electron chi connectivity index (χ4n) is 4.95. The molecule has 0 atom stereocenters. The zero-order valence-electron chi connectivity index (χ0n) is 25.5. The molecule has 0 saturated carbocycles. The van der Waals surface area contributed by atoms with Gasteiger partial charge in [-0.1, -0.05) is 48.4 Å². The Hall–Kier alpha value is -4.13. The molecule has 0 saturated heterocycles. The molecule has 1 amide bonds. The van der Waals surface area contributed by atoms with Gasteiger partial charge in [-0.2, -0.15) is 0 Å². The molecule has 0 bridgehead atoms. The van der Waals surface area contributed by atoms with E-state index in [1.54, 1.807) is 18.3 Å². The second kappa shape index (κ2) is 13.1. The molecule has 0 spiro atoms. The quantitative estimate of drug-likeness (QED) is 0.171. The van der Waals surface area contributed by atoms with Crippen LogP contribution in [0, 0.1) is 11.6 Å². The monoisotopic (exact) mass is 655 g/mol. The van der Waals surface area contributed by atoms with Crippen molar-refractivity contribution in [3.63, 3.8) is 0 Å². The van der Waals surface area contributed by atoms with E-state index in [4.69, 9.17) is 31.6 Å². The summed E-state index contributed by atoms with van der Waals surface area (Å²) in [6.45, 7) is 5.24. The van der Waals surface area contributed by atoms with Crippen LogP contribution in [-0.2, 0) is 11.2 Å². The molecule has 0 radical (unpaired) electrons. The number of quaternary nitrogens is 1. The molecule has 0 aliphatic carbocycles. The fraction of sp³-hybridized carbons (Fsp3) is 0.281. The van der Waals surface area contributed by atoms with Gasteiger partial charge in [0.05, 0.1) is 57.3 Å². The highest BCUT2D eigenvalue weighted by Gasteiger charge is 2.31. The number of nitrogens with one attached hydrogen (secondary N) is 2. The van der Waals surface area contributed by atoms with E-state index in [2.05, 4.69) is 10.5 Å². The van der Waals surface area contributed by atoms with Gasteiger partial charge in [-0.25, -0.2) is 13.8 Å². The Morgan fingerprint density at radius 3 is 2.64 bits per heavy atom. The van der Waals surface area contributed by atoms with Crippen molar-refractivity contribution in [1.82, 2.24) is 20.0 Å². The minimum atomic E-state index is -0.642. The van der Waals surface area contributed by atoms with Gasteiger partial charge < -0.3 is 25.2 Å². The summed E-state index contributed by atoms with van der Waals surface area (Å²) in [5, 5.41) is 7.98. The first-order chi connectivity index (χ1) is 21.4. The smallest absolute Gasteiger partial charge is 0.251 e. The van der Waals surface area contributed by atoms with Gasteiger partial charge in [0.1, 0.15) is 5.82 Å². The first-order valence-electron chi connectivity index (χ1n) is 14.2. The van der Waals surface area contributed by atoms with E-state index in [9.17, 15) is 9.18 Å². The predicted molar refractivity (Wildman–Crippen MR) is 172 cm³/mol. The van der Waals surface area contributed by atoms with Gasteiger partial charge in [0.25, 0.3) is 5.91 Å². The van der Waals surface area contributed by atoms with Crippen molar-refractivity contribution >= 4 is 46.1 Å². The van der Waals surface area contributed by atoms with Crippen molar-refractivity contribution in [2.24, 2.45) is 0 Å². The lowest BCUT2D eigenvalue weighted by atomic mass is 9.81. The van der Waals surface area contributed by atoms with Crippen LogP contribution < -0.4 is 20.7 Å². The van der Waals surface area contributed by atoms with Gasteiger partial charge in [0.2, 0.25) is 0 Å². The van der Waals surface area contributed by atoms with E-state index in [-0.39, 0.29) is 33.5 Å². The summed E-state index contributed by atoms with van der Waals surface area (Å²) < 4.78 is 42.2. The molecule has 0 aliphatic heterocycles. The van der Waals surface area contributed by atoms with Crippen molar-refractivity contribution in [1.29, 1.82) is 0 Å². The molecule has 9 nitrogen and oxygen atoms in total. The van der Waals surface area contributed by atoms with Gasteiger partial charge in [0.15, 0.2) is 28.1 Å². The van der Waals surface area contributed by atoms with Crippen LogP contribution in [0.2, 0.25) is 5.02 Å². The SMILES string of the molecule is COc1cc(-n2c(C(C)(C)c3ccc4onc(N)c4c3)cnc2SCc2c(F)cc(C(=O)NCC[NH+](C)C)cc2Cl)ccc1F. The van der Waals surface area contributed by atoms with Crippen LogP contribution in [0.15, 0.2) is 64.4 Å². The first-order valence-corrected chi connectivity index (χ1v) is 15.5. The van der Waals surface area contributed by atoms with Gasteiger partial charge in [-0.05, 0) is 42.0 Å². The van der Waals surface area contributed by atoms with E-state index >= 15 is 4.39 Å². The summed E-state index contributed by atoms with van der Waals surface area (Å²) in [6.07, 6.45) is 1.74. The summed E-state index contributed by atoms with van der Waals surface area (Å²) in [4.78, 5) is 18.5. The number of nitrogens with zero attached hydrogens (tertiary/aromatic N) is 3. The molecule has 0 unspecified atom stereocenters. The van der Waals surface area contributed by atoms with Crippen LogP contribution >= 0.6 is 23.4 Å². The number of rotatable bonds is 11. The highest BCUT2D eigenvalue weighted by atomic mass is 35.5. The second-order valence-corrected chi connectivity index (χ2v) is 12.8. The number of methoxy groups -OCH3 is 1. The number of nitrogens with two attached hydrogens (primary N) is 1. The van der Waals surface area contributed by atoms with Crippen molar-refractivity contribution in [2.75, 3.05) is 40.0 Å². The standard InChI is InChI=1S/C32H33ClF2N6O3S/c1-32(2,19-6-9-26-21(14-19)29(36)39-44-26)28-16-38-31(41(28)20-7-8-24(34)27(15-20)43-5)45-17-22-23(33)12-18(13-25(22)35)30(42)37-10-11-40(3)4/h6-9,12-16H,10-11,17H2,1-5H3,(H2,36,39)(H,37,42)/p+1. The van der Waals surface area contributed by atoms with Gasteiger partial charge in [-0.3, -0.25) is 9.36 Å². The number of imidazole rings is 1. The molecule has 5 aromatic rings. The average Bonchev–Trinajstić information content (AvgIpc) is 3.60. The molecule has 4 N–H and O–H groups in total. The van der Waals surface area contributed by atoms with Crippen molar-refractivity contribution in [3.8, 4) is 11.4 Å². The number of fused-ring (bicyclic) bond motifs is 1. The molecule has 2 aromatic heterocycles. The first kappa shape index (κ1) is 32.3. The number of thioether (sulfide) groups is 1. The van der Waals surface area contributed by atoms with E-state index in [0.717, 1.165) is 17.8 Å². The van der Waals surface area contributed by atoms with Crippen LogP contribution in [0.3, 0.4) is 0 Å². The summed E-state index contributed by atoms with van der Waals surface area (Å²) >= 11 is 7.76. The molecule has 2 heterocycles. The highest BCUT2D eigenvalue weighted by molar-refractivity contribution is 7.98. The minimum Gasteiger partial charge on any atom is -0.494 e. The lowest BCUT2D eigenvalue weighted by Gasteiger charge is -2.27. The number of amides is 1. The van der Waals surface area contributed by atoms with Crippen LogP contribution in [0.4, 0.5) is 14.6 Å². The fourth-order valence-corrected chi connectivity index (χ4v) is 6.33. The Kier molecular flexibility index (Phi) is 9.38. The van der Waals surface area contributed by atoms with E-state index in [1.807, 2.05) is 50.7 Å². The number of ether oxygens (including phenoxy) is 1. The number of carbonyl (C=O) groups excluding carboxylic acids is 1. The maximum atomic E-state index is 15.4. The van der Waals surface area contributed by atoms with Crippen LogP contribution in [0.25, 0.3) is 16.7 Å². The molecule has 5 rings (SSSR count). The number of halogens is 3. The molecule has 0 fully saturated rings. The van der Waals surface area contributed by atoms with Crippen LogP contribution in [-0.4, -0.2) is 54.9 Å². The molecule has 45 heavy (non-hydrogen) atoms. The second-order valence-electron chi connectivity index (χ2n) is 11.4. The number of benzene rings is 3. The largest absolute Gasteiger partial charge is 0.494 e. The zero-order valence-corrected chi connectivity index (χ0v) is 27.1. The topological polar surface area (TPSA) is 113 Å². The van der Waals surface area contributed by atoms with Crippen molar-refractivity contribution in [3.05, 3.63) is 93.8 Å². The third-order valence-corrected chi connectivity index (χ3v) is 8.96. The van der Waals surface area contributed by atoms with Crippen molar-refractivity contribution < 1.29 is 27.7 Å². The summed E-state index contributed by atoms with van der Waals surface area (Å²) in [5.74, 6) is -1.03. The number of hydrogen-bond acceptors (Lipinski definition) is 7. The summed E-state index contributed by atoms with van der Waals surface area (Å²) in [6, 6.07) is 12.9. The molecular formula is C32H34ClF2N6O3S+. The van der Waals surface area contributed by atoms with Crippen molar-refractivity contribution in [2.45, 2.75) is 30.2 Å². The highest BCUT2D eigenvalue weighted by Crippen LogP contribution is 2.39. The number of nitrogen functional groups attached to an aromatic ring is 1. The molecule has 13 heteroatoms. The maximum absolute atomic E-state index is 15.4. The predicted octanol–water partition coefficient (Wildman–Crippen LogP) is 5.03. The van der Waals surface area contributed by atoms with E-state index in [1.165, 1.54) is 42.0 Å². The lowest BCUT2D eigenvalue weighted by molar-refractivity contribution is -0.856. The number of carbonyl (C=O) groups is 1. The Balaban J connectivity index is 1.50. The van der Waals surface area contributed by atoms with E-state index in [0.29, 0.717) is 28.4 Å². The number of anilines is 1. The average molecular weight is 656 g/mol.